The van der Waals surface area contributed by atoms with Crippen molar-refractivity contribution in [3.8, 4) is 0 Å². The number of benzene rings is 2. The Morgan fingerprint density at radius 3 is 2.17 bits per heavy atom. The summed E-state index contributed by atoms with van der Waals surface area (Å²) in [4.78, 5) is 17.7. The molecule has 4 nitrogen and oxygen atoms in total. The molecule has 160 valence electrons. The van der Waals surface area contributed by atoms with Crippen LogP contribution < -0.4 is 5.32 Å². The monoisotopic (exact) mass is 417 g/mol. The fraction of sp³-hybridized carbons (Fsp3) is 0.500. The van der Waals surface area contributed by atoms with E-state index in [0.717, 1.165) is 13.0 Å². The molecule has 29 heavy (non-hydrogen) atoms. The number of aryl methyl sites for hydroxylation is 1. The third-order valence-electron chi connectivity index (χ3n) is 5.48. The van der Waals surface area contributed by atoms with E-state index in [2.05, 4.69) is 73.8 Å². The van der Waals surface area contributed by atoms with Crippen molar-refractivity contribution in [1.29, 1.82) is 0 Å². The van der Waals surface area contributed by atoms with Crippen LogP contribution >= 0.6 is 7.60 Å². The molecule has 2 aromatic rings. The Morgan fingerprint density at radius 2 is 1.52 bits per heavy atom. The van der Waals surface area contributed by atoms with Gasteiger partial charge in [-0.1, -0.05) is 81.3 Å². The molecule has 0 aliphatic carbocycles. The van der Waals surface area contributed by atoms with Crippen molar-refractivity contribution in [3.05, 3.63) is 71.3 Å². The summed E-state index contributed by atoms with van der Waals surface area (Å²) in [7, 11) is -3.87. The average molecular weight is 418 g/mol. The minimum Gasteiger partial charge on any atom is -0.324 e. The van der Waals surface area contributed by atoms with Crippen LogP contribution in [-0.4, -0.2) is 22.5 Å². The van der Waals surface area contributed by atoms with Gasteiger partial charge in [-0.05, 0) is 54.3 Å². The first-order valence-electron chi connectivity index (χ1n) is 10.6. The molecular weight excluding hydrogens is 381 g/mol. The van der Waals surface area contributed by atoms with Crippen LogP contribution in [0.25, 0.3) is 0 Å². The molecule has 5 heteroatoms. The Kier molecular flexibility index (Phi) is 9.58. The third-order valence-corrected chi connectivity index (χ3v) is 6.38. The summed E-state index contributed by atoms with van der Waals surface area (Å²) in [5.41, 5.74) is 4.24. The fourth-order valence-corrected chi connectivity index (χ4v) is 4.14. The predicted molar refractivity (Wildman–Crippen MR) is 121 cm³/mol. The van der Waals surface area contributed by atoms with Gasteiger partial charge in [-0.15, -0.1) is 0 Å². The molecule has 0 aromatic heterocycles. The number of hydrogen-bond acceptors (Lipinski definition) is 2. The smallest absolute Gasteiger partial charge is 0.324 e. The van der Waals surface area contributed by atoms with Crippen LogP contribution in [0.3, 0.4) is 0 Å². The van der Waals surface area contributed by atoms with Crippen LogP contribution in [0.5, 0.6) is 0 Å². The Hall–Kier alpha value is -1.45. The van der Waals surface area contributed by atoms with Gasteiger partial charge in [0.1, 0.15) is 0 Å². The van der Waals surface area contributed by atoms with E-state index in [0.29, 0.717) is 13.0 Å². The summed E-state index contributed by atoms with van der Waals surface area (Å²) in [6.07, 6.45) is 6.47. The van der Waals surface area contributed by atoms with Crippen LogP contribution in [-0.2, 0) is 22.9 Å². The highest BCUT2D eigenvalue weighted by molar-refractivity contribution is 7.51. The fourth-order valence-electron chi connectivity index (χ4n) is 3.57. The van der Waals surface area contributed by atoms with Crippen molar-refractivity contribution < 1.29 is 14.4 Å². The van der Waals surface area contributed by atoms with Gasteiger partial charge < -0.3 is 15.1 Å². The molecular formula is C24H36NO3P. The highest BCUT2D eigenvalue weighted by Crippen LogP contribution is 2.34. The molecule has 0 fully saturated rings. The van der Waals surface area contributed by atoms with Gasteiger partial charge >= 0.3 is 7.60 Å². The van der Waals surface area contributed by atoms with Crippen molar-refractivity contribution in [2.45, 2.75) is 64.3 Å². The normalized spacial score (nSPS) is 12.3. The molecule has 3 N–H and O–H groups in total. The molecule has 2 rings (SSSR count). The molecule has 0 aliphatic heterocycles. The molecule has 0 amide bonds. The lowest BCUT2D eigenvalue weighted by Gasteiger charge is -2.25. The zero-order chi connectivity index (χ0) is 21.2. The molecule has 0 bridgehead atoms. The summed E-state index contributed by atoms with van der Waals surface area (Å²) in [6.45, 7) is 6.02. The Labute approximate surface area is 175 Å². The lowest BCUT2D eigenvalue weighted by Crippen LogP contribution is -2.16. The second kappa shape index (κ2) is 11.7. The van der Waals surface area contributed by atoms with Crippen LogP contribution in [0.1, 0.15) is 62.6 Å². The molecule has 0 radical (unpaired) electrons. The zero-order valence-corrected chi connectivity index (χ0v) is 18.7. The molecule has 0 heterocycles. The first kappa shape index (κ1) is 23.8. The summed E-state index contributed by atoms with van der Waals surface area (Å²) in [5.74, 6) is 0. The standard InChI is InChI=1S/C24H36NO3P/c1-24(2,23-11-6-3-7-12-23)17-8-4-5-10-21-13-15-22(16-14-21)20-25-18-9-19-29(26,27)28/h3,6-7,11-16,25H,4-5,8-10,17-20H2,1-2H3,(H2,26,27,28). The van der Waals surface area contributed by atoms with Gasteiger partial charge in [-0.3, -0.25) is 4.57 Å². The van der Waals surface area contributed by atoms with Crippen LogP contribution in [0, 0.1) is 0 Å². The molecule has 0 saturated carbocycles. The summed E-state index contributed by atoms with van der Waals surface area (Å²) in [6, 6.07) is 19.5. The largest absolute Gasteiger partial charge is 0.325 e. The zero-order valence-electron chi connectivity index (χ0n) is 17.8. The van der Waals surface area contributed by atoms with E-state index < -0.39 is 7.60 Å². The lowest BCUT2D eigenvalue weighted by molar-refractivity contribution is 0.371. The van der Waals surface area contributed by atoms with Crippen LogP contribution in [0.4, 0.5) is 0 Å². The summed E-state index contributed by atoms with van der Waals surface area (Å²) < 4.78 is 10.8. The highest BCUT2D eigenvalue weighted by Gasteiger charge is 2.19. The van der Waals surface area contributed by atoms with E-state index in [1.165, 1.54) is 42.4 Å². The summed E-state index contributed by atoms with van der Waals surface area (Å²) in [5, 5.41) is 3.24. The van der Waals surface area contributed by atoms with Gasteiger partial charge in [0.05, 0.1) is 6.16 Å². The van der Waals surface area contributed by atoms with Gasteiger partial charge in [0.15, 0.2) is 0 Å². The first-order valence-corrected chi connectivity index (χ1v) is 12.4. The van der Waals surface area contributed by atoms with Gasteiger partial charge in [0.25, 0.3) is 0 Å². The van der Waals surface area contributed by atoms with E-state index in [-0.39, 0.29) is 11.6 Å². The second-order valence-corrected chi connectivity index (χ2v) is 10.3. The topological polar surface area (TPSA) is 69.6 Å². The van der Waals surface area contributed by atoms with E-state index in [9.17, 15) is 4.57 Å². The number of hydrogen-bond donors (Lipinski definition) is 3. The van der Waals surface area contributed by atoms with Gasteiger partial charge in [0, 0.05) is 6.54 Å². The van der Waals surface area contributed by atoms with Crippen molar-refractivity contribution in [3.63, 3.8) is 0 Å². The molecule has 0 saturated heterocycles. The Balaban J connectivity index is 1.61. The molecule has 0 spiro atoms. The van der Waals surface area contributed by atoms with Crippen molar-refractivity contribution >= 4 is 7.60 Å². The third kappa shape index (κ3) is 9.73. The molecule has 0 atom stereocenters. The maximum atomic E-state index is 10.8. The summed E-state index contributed by atoms with van der Waals surface area (Å²) >= 11 is 0. The average Bonchev–Trinajstić information content (AvgIpc) is 2.68. The van der Waals surface area contributed by atoms with E-state index >= 15 is 0 Å². The maximum Gasteiger partial charge on any atom is 0.325 e. The molecule has 2 aromatic carbocycles. The van der Waals surface area contributed by atoms with E-state index in [1.807, 2.05) is 0 Å². The highest BCUT2D eigenvalue weighted by atomic mass is 31.2. The molecule has 0 unspecified atom stereocenters. The van der Waals surface area contributed by atoms with Gasteiger partial charge in [0.2, 0.25) is 0 Å². The lowest BCUT2D eigenvalue weighted by atomic mass is 9.80. The number of rotatable bonds is 13. The number of nitrogens with one attached hydrogen (secondary N) is 1. The number of unbranched alkanes of at least 4 members (excludes halogenated alkanes) is 2. The quantitative estimate of drug-likeness (QED) is 0.300. The van der Waals surface area contributed by atoms with E-state index in [1.54, 1.807) is 0 Å². The van der Waals surface area contributed by atoms with Crippen LogP contribution in [0.2, 0.25) is 0 Å². The predicted octanol–water partition coefficient (Wildman–Crippen LogP) is 5.42. The van der Waals surface area contributed by atoms with Gasteiger partial charge in [-0.25, -0.2) is 0 Å². The maximum absolute atomic E-state index is 10.8. The van der Waals surface area contributed by atoms with E-state index in [4.69, 9.17) is 9.79 Å². The van der Waals surface area contributed by atoms with Crippen LogP contribution in [0.15, 0.2) is 54.6 Å². The Morgan fingerprint density at radius 1 is 0.862 bits per heavy atom. The van der Waals surface area contributed by atoms with Crippen molar-refractivity contribution in [2.75, 3.05) is 12.7 Å². The second-order valence-electron chi connectivity index (χ2n) is 8.55. The Bertz CT molecular complexity index is 753. The minimum atomic E-state index is -3.87. The minimum absolute atomic E-state index is 0.0541. The van der Waals surface area contributed by atoms with Gasteiger partial charge in [-0.2, -0.15) is 0 Å². The molecule has 0 aliphatic rings. The SMILES string of the molecule is CC(C)(CCCCCc1ccc(CNCCCP(=O)(O)O)cc1)c1ccccc1. The van der Waals surface area contributed by atoms with Crippen molar-refractivity contribution in [1.82, 2.24) is 5.32 Å². The first-order chi connectivity index (χ1) is 13.8. The van der Waals surface area contributed by atoms with Crippen molar-refractivity contribution in [2.24, 2.45) is 0 Å².